The maximum Gasteiger partial charge on any atom is 0.240 e. The van der Waals surface area contributed by atoms with Crippen molar-refractivity contribution in [1.82, 2.24) is 4.72 Å². The fourth-order valence-electron chi connectivity index (χ4n) is 1.51. The molecule has 102 valence electrons. The van der Waals surface area contributed by atoms with Crippen LogP contribution in [0, 0.1) is 12.8 Å². The molecule has 0 saturated heterocycles. The Balaban J connectivity index is 3.02. The Bertz CT molecular complexity index is 510. The summed E-state index contributed by atoms with van der Waals surface area (Å²) >= 11 is 0. The van der Waals surface area contributed by atoms with Gasteiger partial charge in [0.15, 0.2) is 0 Å². The van der Waals surface area contributed by atoms with E-state index >= 15 is 0 Å². The zero-order valence-electron chi connectivity index (χ0n) is 11.4. The highest BCUT2D eigenvalue weighted by Gasteiger charge is 2.19. The van der Waals surface area contributed by atoms with Gasteiger partial charge in [-0.1, -0.05) is 19.9 Å². The van der Waals surface area contributed by atoms with E-state index in [1.165, 1.54) is 0 Å². The molecule has 0 aliphatic heterocycles. The van der Waals surface area contributed by atoms with Crippen LogP contribution in [0.15, 0.2) is 23.1 Å². The standard InChI is InChI=1S/C13H22N2O2S/c1-9(2)11(4)15-18(16,17)13-6-5-12(8-14)10(3)7-13/h5-7,9,11,15H,8,14H2,1-4H3. The number of hydrogen-bond acceptors (Lipinski definition) is 3. The summed E-state index contributed by atoms with van der Waals surface area (Å²) in [4.78, 5) is 0.296. The number of nitrogens with two attached hydrogens (primary N) is 1. The maximum atomic E-state index is 12.2. The first kappa shape index (κ1) is 15.1. The molecule has 0 aliphatic rings. The maximum absolute atomic E-state index is 12.2. The Labute approximate surface area is 110 Å². The molecule has 1 aromatic rings. The van der Waals surface area contributed by atoms with Crippen molar-refractivity contribution < 1.29 is 8.42 Å². The summed E-state index contributed by atoms with van der Waals surface area (Å²) in [5, 5.41) is 0. The van der Waals surface area contributed by atoms with Crippen LogP contribution in [0.1, 0.15) is 31.9 Å². The van der Waals surface area contributed by atoms with Gasteiger partial charge < -0.3 is 5.73 Å². The van der Waals surface area contributed by atoms with Crippen LogP contribution >= 0.6 is 0 Å². The van der Waals surface area contributed by atoms with E-state index in [4.69, 9.17) is 5.73 Å². The predicted octanol–water partition coefficient (Wildman–Crippen LogP) is 1.78. The Morgan fingerprint density at radius 2 is 1.89 bits per heavy atom. The van der Waals surface area contributed by atoms with Crippen LogP contribution in [0.4, 0.5) is 0 Å². The summed E-state index contributed by atoms with van der Waals surface area (Å²) in [6, 6.07) is 4.94. The number of aryl methyl sites for hydroxylation is 1. The number of benzene rings is 1. The highest BCUT2D eigenvalue weighted by atomic mass is 32.2. The van der Waals surface area contributed by atoms with E-state index in [2.05, 4.69) is 4.72 Å². The van der Waals surface area contributed by atoms with Crippen LogP contribution in [-0.2, 0) is 16.6 Å². The summed E-state index contributed by atoms with van der Waals surface area (Å²) in [5.74, 6) is 0.254. The van der Waals surface area contributed by atoms with Crippen molar-refractivity contribution in [1.29, 1.82) is 0 Å². The van der Waals surface area contributed by atoms with Gasteiger partial charge in [0.2, 0.25) is 10.0 Å². The summed E-state index contributed by atoms with van der Waals surface area (Å²) in [6.45, 7) is 8.12. The molecule has 18 heavy (non-hydrogen) atoms. The molecule has 0 heterocycles. The highest BCUT2D eigenvalue weighted by molar-refractivity contribution is 7.89. The van der Waals surface area contributed by atoms with E-state index in [9.17, 15) is 8.42 Å². The van der Waals surface area contributed by atoms with Crippen LogP contribution in [0.5, 0.6) is 0 Å². The minimum atomic E-state index is -3.44. The molecular weight excluding hydrogens is 248 g/mol. The van der Waals surface area contributed by atoms with Gasteiger partial charge in [-0.3, -0.25) is 0 Å². The lowest BCUT2D eigenvalue weighted by molar-refractivity contribution is 0.476. The van der Waals surface area contributed by atoms with E-state index in [0.717, 1.165) is 11.1 Å². The SMILES string of the molecule is Cc1cc(S(=O)(=O)NC(C)C(C)C)ccc1CN. The average molecular weight is 270 g/mol. The van der Waals surface area contributed by atoms with Gasteiger partial charge in [0.05, 0.1) is 4.90 Å². The van der Waals surface area contributed by atoms with Crippen molar-refractivity contribution in [2.24, 2.45) is 11.7 Å². The van der Waals surface area contributed by atoms with Gasteiger partial charge in [-0.25, -0.2) is 13.1 Å². The lowest BCUT2D eigenvalue weighted by Crippen LogP contribution is -2.36. The van der Waals surface area contributed by atoms with E-state index in [1.54, 1.807) is 18.2 Å². The zero-order chi connectivity index (χ0) is 13.9. The van der Waals surface area contributed by atoms with Crippen LogP contribution < -0.4 is 10.5 Å². The lowest BCUT2D eigenvalue weighted by atomic mass is 10.1. The summed E-state index contributed by atoms with van der Waals surface area (Å²) < 4.78 is 27.0. The first-order valence-electron chi connectivity index (χ1n) is 6.10. The number of rotatable bonds is 5. The predicted molar refractivity (Wildman–Crippen MR) is 73.7 cm³/mol. The van der Waals surface area contributed by atoms with Gasteiger partial charge in [0.25, 0.3) is 0 Å². The molecule has 1 rings (SSSR count). The van der Waals surface area contributed by atoms with Crippen molar-refractivity contribution in [3.05, 3.63) is 29.3 Å². The topological polar surface area (TPSA) is 72.2 Å². The first-order chi connectivity index (χ1) is 8.27. The molecule has 0 radical (unpaired) electrons. The summed E-state index contributed by atoms with van der Waals surface area (Å²) in [5.41, 5.74) is 7.43. The summed E-state index contributed by atoms with van der Waals surface area (Å²) in [6.07, 6.45) is 0. The number of sulfonamides is 1. The van der Waals surface area contributed by atoms with Gasteiger partial charge in [-0.15, -0.1) is 0 Å². The molecule has 1 unspecified atom stereocenters. The van der Waals surface area contributed by atoms with Crippen LogP contribution in [0.3, 0.4) is 0 Å². The number of nitrogens with one attached hydrogen (secondary N) is 1. The third kappa shape index (κ3) is 3.54. The molecule has 0 saturated carbocycles. The van der Waals surface area contributed by atoms with E-state index in [1.807, 2.05) is 27.7 Å². The smallest absolute Gasteiger partial charge is 0.240 e. The Morgan fingerprint density at radius 3 is 2.33 bits per heavy atom. The van der Waals surface area contributed by atoms with Gasteiger partial charge in [-0.2, -0.15) is 0 Å². The number of hydrogen-bond donors (Lipinski definition) is 2. The second kappa shape index (κ2) is 5.82. The molecule has 5 heteroatoms. The second-order valence-corrected chi connectivity index (χ2v) is 6.66. The van der Waals surface area contributed by atoms with Gasteiger partial charge in [-0.05, 0) is 43.0 Å². The molecule has 0 aliphatic carbocycles. The molecule has 3 N–H and O–H groups in total. The Hall–Kier alpha value is -0.910. The zero-order valence-corrected chi connectivity index (χ0v) is 12.2. The largest absolute Gasteiger partial charge is 0.326 e. The minimum absolute atomic E-state index is 0.0931. The summed E-state index contributed by atoms with van der Waals surface area (Å²) in [7, 11) is -3.44. The van der Waals surface area contributed by atoms with Crippen LogP contribution in [-0.4, -0.2) is 14.5 Å². The molecule has 0 bridgehead atoms. The molecule has 4 nitrogen and oxygen atoms in total. The van der Waals surface area contributed by atoms with Crippen molar-refractivity contribution in [2.75, 3.05) is 0 Å². The average Bonchev–Trinajstić information content (AvgIpc) is 2.28. The third-order valence-corrected chi connectivity index (χ3v) is 4.74. The molecule has 1 atom stereocenters. The van der Waals surface area contributed by atoms with Gasteiger partial charge in [0, 0.05) is 12.6 Å². The normalized spacial score (nSPS) is 13.9. The first-order valence-corrected chi connectivity index (χ1v) is 7.58. The second-order valence-electron chi connectivity index (χ2n) is 4.95. The Morgan fingerprint density at radius 1 is 1.28 bits per heavy atom. The lowest BCUT2D eigenvalue weighted by Gasteiger charge is -2.18. The quantitative estimate of drug-likeness (QED) is 0.856. The van der Waals surface area contributed by atoms with Gasteiger partial charge >= 0.3 is 0 Å². The third-order valence-electron chi connectivity index (χ3n) is 3.19. The molecular formula is C13H22N2O2S. The monoisotopic (exact) mass is 270 g/mol. The molecule has 0 aromatic heterocycles. The van der Waals surface area contributed by atoms with Crippen LogP contribution in [0.2, 0.25) is 0 Å². The van der Waals surface area contributed by atoms with Crippen molar-refractivity contribution >= 4 is 10.0 Å². The van der Waals surface area contributed by atoms with Gasteiger partial charge in [0.1, 0.15) is 0 Å². The molecule has 0 spiro atoms. The minimum Gasteiger partial charge on any atom is -0.326 e. The molecule has 0 fully saturated rings. The van der Waals surface area contributed by atoms with E-state index in [-0.39, 0.29) is 12.0 Å². The fraction of sp³-hybridized carbons (Fsp3) is 0.538. The van der Waals surface area contributed by atoms with Crippen molar-refractivity contribution in [2.45, 2.75) is 45.2 Å². The van der Waals surface area contributed by atoms with E-state index in [0.29, 0.717) is 11.4 Å². The van der Waals surface area contributed by atoms with E-state index < -0.39 is 10.0 Å². The fourth-order valence-corrected chi connectivity index (χ4v) is 2.99. The molecule has 1 aromatic carbocycles. The van der Waals surface area contributed by atoms with Crippen LogP contribution in [0.25, 0.3) is 0 Å². The van der Waals surface area contributed by atoms with Crippen molar-refractivity contribution in [3.63, 3.8) is 0 Å². The molecule has 0 amide bonds. The highest BCUT2D eigenvalue weighted by Crippen LogP contribution is 2.16. The Kier molecular flexibility index (Phi) is 4.90. The van der Waals surface area contributed by atoms with Crippen molar-refractivity contribution in [3.8, 4) is 0 Å².